The Kier molecular flexibility index (Phi) is 4.34. The monoisotopic (exact) mass is 317 g/mol. The van der Waals surface area contributed by atoms with E-state index in [1.807, 2.05) is 30.3 Å². The number of benzene rings is 1. The van der Waals surface area contributed by atoms with E-state index < -0.39 is 0 Å². The molecule has 1 aromatic carbocycles. The Balaban J connectivity index is 1.67. The molecular weight excluding hydrogens is 294 g/mol. The van der Waals surface area contributed by atoms with Gasteiger partial charge in [-0.25, -0.2) is 4.98 Å². The fourth-order valence-electron chi connectivity index (χ4n) is 2.61. The Labute approximate surface area is 136 Å². The Morgan fingerprint density at radius 1 is 1.27 bits per heavy atom. The number of nitrogens with zero attached hydrogens (tertiary/aromatic N) is 3. The van der Waals surface area contributed by atoms with E-state index in [0.29, 0.717) is 12.6 Å². The van der Waals surface area contributed by atoms with Crippen LogP contribution in [0.2, 0.25) is 0 Å². The summed E-state index contributed by atoms with van der Waals surface area (Å²) in [5.74, 6) is 1.86. The molecule has 1 atom stereocenters. The van der Waals surface area contributed by atoms with Crippen molar-refractivity contribution in [1.29, 1.82) is 0 Å². The molecule has 0 N–H and O–H groups in total. The van der Waals surface area contributed by atoms with Crippen LogP contribution in [0.4, 0.5) is 5.13 Å². The lowest BCUT2D eigenvalue weighted by Crippen LogP contribution is -2.34. The van der Waals surface area contributed by atoms with E-state index in [9.17, 15) is 0 Å². The molecule has 5 heteroatoms. The van der Waals surface area contributed by atoms with Crippen LogP contribution in [0.15, 0.2) is 30.3 Å². The van der Waals surface area contributed by atoms with Gasteiger partial charge >= 0.3 is 0 Å². The topological polar surface area (TPSA) is 38.2 Å². The van der Waals surface area contributed by atoms with Gasteiger partial charge in [0.05, 0.1) is 6.04 Å². The standard InChI is InChI=1S/C17H23N3OS/c1-17(2,3)15-18-16(22-19-15)20-11-7-8-13(20)12-21-14-9-5-4-6-10-14/h4-6,9-10,13H,7-8,11-12H2,1-3H3. The van der Waals surface area contributed by atoms with Crippen LogP contribution in [-0.4, -0.2) is 28.6 Å². The molecule has 1 aliphatic heterocycles. The van der Waals surface area contributed by atoms with Crippen molar-refractivity contribution >= 4 is 16.7 Å². The minimum absolute atomic E-state index is 0.00447. The first-order valence-electron chi connectivity index (χ1n) is 7.83. The molecule has 1 unspecified atom stereocenters. The molecule has 0 saturated carbocycles. The minimum Gasteiger partial charge on any atom is -0.491 e. The third kappa shape index (κ3) is 3.40. The highest BCUT2D eigenvalue weighted by Gasteiger charge is 2.29. The van der Waals surface area contributed by atoms with E-state index in [4.69, 9.17) is 9.72 Å². The second-order valence-electron chi connectivity index (χ2n) is 6.76. The summed E-state index contributed by atoms with van der Waals surface area (Å²) in [5.41, 5.74) is 0.00447. The molecule has 0 bridgehead atoms. The van der Waals surface area contributed by atoms with Gasteiger partial charge in [-0.05, 0) is 25.0 Å². The lowest BCUT2D eigenvalue weighted by molar-refractivity contribution is 0.288. The summed E-state index contributed by atoms with van der Waals surface area (Å²) < 4.78 is 10.5. The van der Waals surface area contributed by atoms with Crippen LogP contribution < -0.4 is 9.64 Å². The zero-order valence-corrected chi connectivity index (χ0v) is 14.3. The SMILES string of the molecule is CC(C)(C)c1nsc(N2CCCC2COc2ccccc2)n1. The highest BCUT2D eigenvalue weighted by molar-refractivity contribution is 7.09. The van der Waals surface area contributed by atoms with Crippen molar-refractivity contribution in [2.45, 2.75) is 45.1 Å². The summed E-state index contributed by atoms with van der Waals surface area (Å²) in [7, 11) is 0. The van der Waals surface area contributed by atoms with Gasteiger partial charge in [-0.1, -0.05) is 39.0 Å². The molecule has 0 spiro atoms. The maximum Gasteiger partial charge on any atom is 0.205 e. The molecule has 0 radical (unpaired) electrons. The van der Waals surface area contributed by atoms with Crippen LogP contribution in [0.25, 0.3) is 0 Å². The summed E-state index contributed by atoms with van der Waals surface area (Å²) in [6, 6.07) is 10.4. The Morgan fingerprint density at radius 2 is 2.05 bits per heavy atom. The van der Waals surface area contributed by atoms with Crippen LogP contribution in [-0.2, 0) is 5.41 Å². The van der Waals surface area contributed by atoms with Gasteiger partial charge < -0.3 is 9.64 Å². The first-order chi connectivity index (χ1) is 10.5. The maximum atomic E-state index is 5.93. The van der Waals surface area contributed by atoms with E-state index in [1.165, 1.54) is 18.0 Å². The molecule has 1 aliphatic rings. The third-order valence-corrected chi connectivity index (χ3v) is 4.65. The first-order valence-corrected chi connectivity index (χ1v) is 8.60. The molecule has 2 heterocycles. The van der Waals surface area contributed by atoms with Crippen molar-refractivity contribution in [3.63, 3.8) is 0 Å². The number of anilines is 1. The summed E-state index contributed by atoms with van der Waals surface area (Å²) in [5, 5.41) is 1.03. The van der Waals surface area contributed by atoms with Crippen molar-refractivity contribution in [3.8, 4) is 5.75 Å². The molecule has 3 rings (SSSR count). The molecule has 0 amide bonds. The summed E-state index contributed by atoms with van der Waals surface area (Å²) in [4.78, 5) is 7.10. The molecule has 0 aliphatic carbocycles. The quantitative estimate of drug-likeness (QED) is 0.857. The van der Waals surface area contributed by atoms with Crippen LogP contribution in [0.1, 0.15) is 39.4 Å². The second-order valence-corrected chi connectivity index (χ2v) is 7.49. The van der Waals surface area contributed by atoms with Crippen LogP contribution in [0, 0.1) is 0 Å². The number of rotatable bonds is 4. The molecule has 22 heavy (non-hydrogen) atoms. The molecule has 4 nitrogen and oxygen atoms in total. The van der Waals surface area contributed by atoms with Crippen LogP contribution in [0.3, 0.4) is 0 Å². The number of hydrogen-bond donors (Lipinski definition) is 0. The Morgan fingerprint density at radius 3 is 2.73 bits per heavy atom. The first kappa shape index (κ1) is 15.3. The molecular formula is C17H23N3OS. The summed E-state index contributed by atoms with van der Waals surface area (Å²) in [6.45, 7) is 8.20. The van der Waals surface area contributed by atoms with Gasteiger partial charge in [-0.2, -0.15) is 4.37 Å². The van der Waals surface area contributed by atoms with E-state index in [0.717, 1.165) is 29.7 Å². The van der Waals surface area contributed by atoms with Crippen molar-refractivity contribution in [1.82, 2.24) is 9.36 Å². The van der Waals surface area contributed by atoms with Crippen LogP contribution >= 0.6 is 11.5 Å². The average Bonchev–Trinajstić information content (AvgIpc) is 3.14. The highest BCUT2D eigenvalue weighted by Crippen LogP contribution is 2.30. The third-order valence-electron chi connectivity index (χ3n) is 3.89. The van der Waals surface area contributed by atoms with Gasteiger partial charge in [0.1, 0.15) is 18.2 Å². The molecule has 118 valence electrons. The van der Waals surface area contributed by atoms with Crippen molar-refractivity contribution in [2.24, 2.45) is 0 Å². The lowest BCUT2D eigenvalue weighted by atomic mass is 9.96. The van der Waals surface area contributed by atoms with Gasteiger partial charge in [0.25, 0.3) is 0 Å². The average molecular weight is 317 g/mol. The molecule has 1 fully saturated rings. The number of ether oxygens (including phenoxy) is 1. The summed E-state index contributed by atoms with van der Waals surface area (Å²) in [6.07, 6.45) is 2.34. The van der Waals surface area contributed by atoms with Gasteiger partial charge in [0.15, 0.2) is 0 Å². The van der Waals surface area contributed by atoms with Gasteiger partial charge in [0.2, 0.25) is 5.13 Å². The fraction of sp³-hybridized carbons (Fsp3) is 0.529. The molecule has 2 aromatic rings. The number of para-hydroxylation sites is 1. The minimum atomic E-state index is 0.00447. The van der Waals surface area contributed by atoms with Gasteiger partial charge in [-0.3, -0.25) is 0 Å². The van der Waals surface area contributed by atoms with Gasteiger partial charge in [0, 0.05) is 23.5 Å². The zero-order valence-electron chi connectivity index (χ0n) is 13.5. The van der Waals surface area contributed by atoms with E-state index in [1.54, 1.807) is 0 Å². The fourth-order valence-corrected chi connectivity index (χ4v) is 3.56. The molecule has 1 saturated heterocycles. The number of hydrogen-bond acceptors (Lipinski definition) is 5. The summed E-state index contributed by atoms with van der Waals surface area (Å²) >= 11 is 1.51. The van der Waals surface area contributed by atoms with Gasteiger partial charge in [-0.15, -0.1) is 0 Å². The Hall–Kier alpha value is -1.62. The predicted molar refractivity (Wildman–Crippen MR) is 90.9 cm³/mol. The zero-order chi connectivity index (χ0) is 15.6. The Bertz CT molecular complexity index is 606. The van der Waals surface area contributed by atoms with E-state index in [-0.39, 0.29) is 5.41 Å². The smallest absolute Gasteiger partial charge is 0.205 e. The van der Waals surface area contributed by atoms with Crippen molar-refractivity contribution in [3.05, 3.63) is 36.2 Å². The second kappa shape index (κ2) is 6.24. The predicted octanol–water partition coefficient (Wildman–Crippen LogP) is 3.88. The molecule has 1 aromatic heterocycles. The number of aromatic nitrogens is 2. The van der Waals surface area contributed by atoms with Crippen LogP contribution in [0.5, 0.6) is 5.75 Å². The largest absolute Gasteiger partial charge is 0.491 e. The van der Waals surface area contributed by atoms with E-state index >= 15 is 0 Å². The maximum absolute atomic E-state index is 5.93. The highest BCUT2D eigenvalue weighted by atomic mass is 32.1. The lowest BCUT2D eigenvalue weighted by Gasteiger charge is -2.23. The van der Waals surface area contributed by atoms with E-state index in [2.05, 4.69) is 30.0 Å². The normalized spacial score (nSPS) is 18.7. The van der Waals surface area contributed by atoms with Crippen molar-refractivity contribution < 1.29 is 4.74 Å². The van der Waals surface area contributed by atoms with Crippen molar-refractivity contribution in [2.75, 3.05) is 18.1 Å².